The molecule has 21 heavy (non-hydrogen) atoms. The standard InChI is InChI=1S/C16H19N3O2/c20-16(15-7-4-8-21-15)17-9-14-10-18-19(12-14)11-13-5-2-1-3-6-13/h1-3,5-6,10,12,15H,4,7-9,11H2,(H,17,20)/t15-/m0/s1. The van der Waals surface area contributed by atoms with Gasteiger partial charge in [-0.2, -0.15) is 5.10 Å². The second-order valence-corrected chi connectivity index (χ2v) is 5.25. The van der Waals surface area contributed by atoms with Gasteiger partial charge in [0.2, 0.25) is 5.91 Å². The molecule has 0 aliphatic carbocycles. The predicted molar refractivity (Wildman–Crippen MR) is 78.6 cm³/mol. The molecule has 5 nitrogen and oxygen atoms in total. The molecule has 0 saturated carbocycles. The molecule has 1 aromatic heterocycles. The number of carbonyl (C=O) groups is 1. The third-order valence-electron chi connectivity index (χ3n) is 3.56. The van der Waals surface area contributed by atoms with Crippen molar-refractivity contribution in [3.8, 4) is 0 Å². The number of rotatable bonds is 5. The summed E-state index contributed by atoms with van der Waals surface area (Å²) < 4.78 is 7.23. The van der Waals surface area contributed by atoms with Gasteiger partial charge < -0.3 is 10.1 Å². The summed E-state index contributed by atoms with van der Waals surface area (Å²) >= 11 is 0. The zero-order valence-corrected chi connectivity index (χ0v) is 11.9. The molecule has 1 fully saturated rings. The Kier molecular flexibility index (Phi) is 4.31. The van der Waals surface area contributed by atoms with Gasteiger partial charge in [0.25, 0.3) is 0 Å². The highest BCUT2D eigenvalue weighted by Crippen LogP contribution is 2.12. The number of hydrogen-bond donors (Lipinski definition) is 1. The lowest BCUT2D eigenvalue weighted by Gasteiger charge is -2.09. The van der Waals surface area contributed by atoms with Crippen molar-refractivity contribution in [1.29, 1.82) is 0 Å². The molecule has 1 aromatic carbocycles. The second-order valence-electron chi connectivity index (χ2n) is 5.25. The van der Waals surface area contributed by atoms with Gasteiger partial charge >= 0.3 is 0 Å². The van der Waals surface area contributed by atoms with Gasteiger partial charge in [-0.25, -0.2) is 0 Å². The van der Waals surface area contributed by atoms with Crippen LogP contribution in [0.1, 0.15) is 24.0 Å². The van der Waals surface area contributed by atoms with Crippen molar-refractivity contribution >= 4 is 5.91 Å². The van der Waals surface area contributed by atoms with Gasteiger partial charge in [0, 0.05) is 24.9 Å². The van der Waals surface area contributed by atoms with E-state index in [0.29, 0.717) is 13.2 Å². The van der Waals surface area contributed by atoms with Crippen LogP contribution in [-0.2, 0) is 22.6 Å². The van der Waals surface area contributed by atoms with Crippen LogP contribution in [0.4, 0.5) is 0 Å². The van der Waals surface area contributed by atoms with Gasteiger partial charge in [-0.1, -0.05) is 30.3 Å². The molecule has 3 rings (SSSR count). The second kappa shape index (κ2) is 6.54. The molecule has 0 bridgehead atoms. The van der Waals surface area contributed by atoms with Crippen molar-refractivity contribution < 1.29 is 9.53 Å². The van der Waals surface area contributed by atoms with Crippen molar-refractivity contribution in [2.24, 2.45) is 0 Å². The number of carbonyl (C=O) groups excluding carboxylic acids is 1. The van der Waals surface area contributed by atoms with Crippen LogP contribution in [0.25, 0.3) is 0 Å². The average Bonchev–Trinajstić information content (AvgIpc) is 3.17. The number of ether oxygens (including phenoxy) is 1. The Bertz CT molecular complexity index is 589. The van der Waals surface area contributed by atoms with Gasteiger partial charge in [0.15, 0.2) is 0 Å². The first kappa shape index (κ1) is 13.8. The molecule has 0 spiro atoms. The van der Waals surface area contributed by atoms with Gasteiger partial charge in [-0.15, -0.1) is 0 Å². The van der Waals surface area contributed by atoms with Gasteiger partial charge in [0.1, 0.15) is 6.10 Å². The van der Waals surface area contributed by atoms with Crippen LogP contribution in [0.5, 0.6) is 0 Å². The van der Waals surface area contributed by atoms with Crippen molar-refractivity contribution in [2.75, 3.05) is 6.61 Å². The van der Waals surface area contributed by atoms with Crippen LogP contribution >= 0.6 is 0 Å². The van der Waals surface area contributed by atoms with Crippen LogP contribution in [0, 0.1) is 0 Å². The predicted octanol–water partition coefficient (Wildman–Crippen LogP) is 1.73. The highest BCUT2D eigenvalue weighted by molar-refractivity contribution is 5.80. The fraction of sp³-hybridized carbons (Fsp3) is 0.375. The van der Waals surface area contributed by atoms with E-state index in [9.17, 15) is 4.79 Å². The average molecular weight is 285 g/mol. The minimum atomic E-state index is -0.274. The van der Waals surface area contributed by atoms with E-state index >= 15 is 0 Å². The lowest BCUT2D eigenvalue weighted by atomic mass is 10.2. The molecule has 2 heterocycles. The SMILES string of the molecule is O=C(NCc1cnn(Cc2ccccc2)c1)[C@@H]1CCCO1. The van der Waals surface area contributed by atoms with Crippen LogP contribution in [-0.4, -0.2) is 28.4 Å². The van der Waals surface area contributed by atoms with E-state index in [1.165, 1.54) is 5.56 Å². The molecule has 0 radical (unpaired) electrons. The lowest BCUT2D eigenvalue weighted by Crippen LogP contribution is -2.33. The third-order valence-corrected chi connectivity index (χ3v) is 3.56. The number of amides is 1. The molecule has 110 valence electrons. The van der Waals surface area contributed by atoms with E-state index in [0.717, 1.165) is 24.9 Å². The summed E-state index contributed by atoms with van der Waals surface area (Å²) in [5.41, 5.74) is 2.20. The van der Waals surface area contributed by atoms with E-state index in [-0.39, 0.29) is 12.0 Å². The molecule has 1 aliphatic rings. The Morgan fingerprint density at radius 3 is 2.95 bits per heavy atom. The fourth-order valence-electron chi connectivity index (χ4n) is 2.44. The van der Waals surface area contributed by atoms with Gasteiger partial charge in [-0.05, 0) is 18.4 Å². The number of hydrogen-bond acceptors (Lipinski definition) is 3. The lowest BCUT2D eigenvalue weighted by molar-refractivity contribution is -0.130. The van der Waals surface area contributed by atoms with Crippen LogP contribution in [0.15, 0.2) is 42.7 Å². The monoisotopic (exact) mass is 285 g/mol. The van der Waals surface area contributed by atoms with E-state index < -0.39 is 0 Å². The molecule has 2 aromatic rings. The van der Waals surface area contributed by atoms with E-state index in [1.807, 2.05) is 29.1 Å². The van der Waals surface area contributed by atoms with Crippen molar-refractivity contribution in [1.82, 2.24) is 15.1 Å². The summed E-state index contributed by atoms with van der Waals surface area (Å²) in [6, 6.07) is 10.2. The molecule has 1 amide bonds. The van der Waals surface area contributed by atoms with E-state index in [4.69, 9.17) is 4.74 Å². The molecular formula is C16H19N3O2. The summed E-state index contributed by atoms with van der Waals surface area (Å²) in [5, 5.41) is 7.22. The zero-order valence-electron chi connectivity index (χ0n) is 11.9. The van der Waals surface area contributed by atoms with Gasteiger partial charge in [-0.3, -0.25) is 9.48 Å². The molecule has 1 saturated heterocycles. The maximum atomic E-state index is 11.9. The first-order valence-electron chi connectivity index (χ1n) is 7.26. The zero-order chi connectivity index (χ0) is 14.5. The highest BCUT2D eigenvalue weighted by atomic mass is 16.5. The summed E-state index contributed by atoms with van der Waals surface area (Å²) in [6.07, 6.45) is 5.26. The van der Waals surface area contributed by atoms with Crippen LogP contribution < -0.4 is 5.32 Å². The van der Waals surface area contributed by atoms with Crippen molar-refractivity contribution in [2.45, 2.75) is 32.0 Å². The topological polar surface area (TPSA) is 56.2 Å². The normalized spacial score (nSPS) is 17.8. The molecule has 1 aliphatic heterocycles. The molecule has 0 unspecified atom stereocenters. The van der Waals surface area contributed by atoms with Crippen LogP contribution in [0.3, 0.4) is 0 Å². The summed E-state index contributed by atoms with van der Waals surface area (Å²) in [5.74, 6) is -0.0247. The Labute approximate surface area is 123 Å². The molecular weight excluding hydrogens is 266 g/mol. The quantitative estimate of drug-likeness (QED) is 0.910. The number of benzene rings is 1. The summed E-state index contributed by atoms with van der Waals surface area (Å²) in [7, 11) is 0. The van der Waals surface area contributed by atoms with Crippen molar-refractivity contribution in [3.05, 3.63) is 53.9 Å². The highest BCUT2D eigenvalue weighted by Gasteiger charge is 2.23. The van der Waals surface area contributed by atoms with Crippen molar-refractivity contribution in [3.63, 3.8) is 0 Å². The minimum Gasteiger partial charge on any atom is -0.368 e. The molecule has 1 N–H and O–H groups in total. The Hall–Kier alpha value is -2.14. The van der Waals surface area contributed by atoms with Gasteiger partial charge in [0.05, 0.1) is 12.7 Å². The Balaban J connectivity index is 1.52. The Morgan fingerprint density at radius 2 is 2.19 bits per heavy atom. The number of aromatic nitrogens is 2. The minimum absolute atomic E-state index is 0.0247. The smallest absolute Gasteiger partial charge is 0.249 e. The first-order chi connectivity index (χ1) is 10.3. The number of nitrogens with zero attached hydrogens (tertiary/aromatic N) is 2. The summed E-state index contributed by atoms with van der Waals surface area (Å²) in [4.78, 5) is 11.9. The largest absolute Gasteiger partial charge is 0.368 e. The maximum absolute atomic E-state index is 11.9. The van der Waals surface area contributed by atoms with E-state index in [2.05, 4.69) is 22.5 Å². The van der Waals surface area contributed by atoms with Crippen LogP contribution in [0.2, 0.25) is 0 Å². The maximum Gasteiger partial charge on any atom is 0.249 e. The number of nitrogens with one attached hydrogen (secondary N) is 1. The fourth-order valence-corrected chi connectivity index (χ4v) is 2.44. The third kappa shape index (κ3) is 3.70. The Morgan fingerprint density at radius 1 is 1.33 bits per heavy atom. The first-order valence-corrected chi connectivity index (χ1v) is 7.26. The summed E-state index contributed by atoms with van der Waals surface area (Å²) in [6.45, 7) is 1.92. The molecule has 5 heteroatoms. The molecule has 1 atom stereocenters. The van der Waals surface area contributed by atoms with E-state index in [1.54, 1.807) is 6.20 Å².